The van der Waals surface area contributed by atoms with Crippen LogP contribution in [-0.2, 0) is 12.8 Å². The molecule has 0 spiro atoms. The SMILES string of the molecule is Clc1ccc(CC(CNC2CC2)Cc2ccc(Cl)s2)cc1. The van der Waals surface area contributed by atoms with Crippen molar-refractivity contribution in [3.05, 3.63) is 56.2 Å². The summed E-state index contributed by atoms with van der Waals surface area (Å²) in [7, 11) is 0. The van der Waals surface area contributed by atoms with E-state index in [0.717, 1.165) is 34.8 Å². The van der Waals surface area contributed by atoms with Crippen LogP contribution in [-0.4, -0.2) is 12.6 Å². The van der Waals surface area contributed by atoms with Gasteiger partial charge in [0.15, 0.2) is 0 Å². The molecule has 2 aromatic rings. The molecule has 1 saturated carbocycles. The van der Waals surface area contributed by atoms with Gasteiger partial charge in [-0.25, -0.2) is 0 Å². The standard InChI is InChI=1S/C17H19Cl2NS/c18-14-3-1-12(2-4-14)9-13(11-20-15-5-6-15)10-16-7-8-17(19)21-16/h1-4,7-8,13,15,20H,5-6,9-11H2. The zero-order chi connectivity index (χ0) is 14.7. The molecule has 1 aliphatic carbocycles. The number of rotatable bonds is 7. The van der Waals surface area contributed by atoms with Crippen LogP contribution in [0, 0.1) is 5.92 Å². The molecule has 1 fully saturated rings. The topological polar surface area (TPSA) is 12.0 Å². The predicted octanol–water partition coefficient (Wildman–Crippen LogP) is 5.21. The summed E-state index contributed by atoms with van der Waals surface area (Å²) in [6, 6.07) is 13.1. The van der Waals surface area contributed by atoms with Crippen molar-refractivity contribution >= 4 is 34.5 Å². The van der Waals surface area contributed by atoms with Crippen molar-refractivity contribution in [2.75, 3.05) is 6.54 Å². The van der Waals surface area contributed by atoms with Crippen LogP contribution in [0.1, 0.15) is 23.3 Å². The largest absolute Gasteiger partial charge is 0.314 e. The average Bonchev–Trinajstić information content (AvgIpc) is 3.21. The van der Waals surface area contributed by atoms with Gasteiger partial charge in [-0.15, -0.1) is 11.3 Å². The van der Waals surface area contributed by atoms with Crippen molar-refractivity contribution < 1.29 is 0 Å². The molecule has 21 heavy (non-hydrogen) atoms. The van der Waals surface area contributed by atoms with Crippen molar-refractivity contribution in [3.63, 3.8) is 0 Å². The molecule has 1 aliphatic rings. The van der Waals surface area contributed by atoms with E-state index in [2.05, 4.69) is 23.5 Å². The van der Waals surface area contributed by atoms with E-state index in [1.165, 1.54) is 23.3 Å². The lowest BCUT2D eigenvalue weighted by atomic mass is 9.95. The molecule has 1 atom stereocenters. The van der Waals surface area contributed by atoms with Crippen LogP contribution in [0.4, 0.5) is 0 Å². The van der Waals surface area contributed by atoms with Gasteiger partial charge < -0.3 is 5.32 Å². The summed E-state index contributed by atoms with van der Waals surface area (Å²) >= 11 is 13.7. The molecular weight excluding hydrogens is 321 g/mol. The highest BCUT2D eigenvalue weighted by atomic mass is 35.5. The lowest BCUT2D eigenvalue weighted by Gasteiger charge is -2.17. The zero-order valence-electron chi connectivity index (χ0n) is 11.8. The third kappa shape index (κ3) is 5.00. The first-order valence-electron chi connectivity index (χ1n) is 7.41. The third-order valence-electron chi connectivity index (χ3n) is 3.83. The number of halogens is 2. The molecule has 0 saturated heterocycles. The Kier molecular flexibility index (Phi) is 5.23. The Balaban J connectivity index is 1.63. The van der Waals surface area contributed by atoms with Crippen molar-refractivity contribution in [1.29, 1.82) is 0 Å². The molecule has 4 heteroatoms. The monoisotopic (exact) mass is 339 g/mol. The van der Waals surface area contributed by atoms with Crippen LogP contribution in [0.5, 0.6) is 0 Å². The highest BCUT2D eigenvalue weighted by molar-refractivity contribution is 7.16. The van der Waals surface area contributed by atoms with Crippen molar-refractivity contribution in [1.82, 2.24) is 5.32 Å². The highest BCUT2D eigenvalue weighted by Gasteiger charge is 2.22. The van der Waals surface area contributed by atoms with Crippen LogP contribution in [0.2, 0.25) is 9.36 Å². The molecule has 112 valence electrons. The molecule has 1 unspecified atom stereocenters. The molecule has 0 aliphatic heterocycles. The molecule has 1 aromatic carbocycles. The van der Waals surface area contributed by atoms with E-state index in [4.69, 9.17) is 23.2 Å². The Morgan fingerprint density at radius 1 is 1.05 bits per heavy atom. The minimum atomic E-state index is 0.599. The van der Waals surface area contributed by atoms with E-state index in [9.17, 15) is 0 Å². The molecule has 0 bridgehead atoms. The lowest BCUT2D eigenvalue weighted by Crippen LogP contribution is -2.27. The molecule has 3 rings (SSSR count). The van der Waals surface area contributed by atoms with Crippen molar-refractivity contribution in [3.8, 4) is 0 Å². The molecule has 1 N–H and O–H groups in total. The van der Waals surface area contributed by atoms with Gasteiger partial charge in [0.2, 0.25) is 0 Å². The van der Waals surface area contributed by atoms with Gasteiger partial charge in [0.1, 0.15) is 0 Å². The van der Waals surface area contributed by atoms with Crippen molar-refractivity contribution in [2.24, 2.45) is 5.92 Å². The van der Waals surface area contributed by atoms with E-state index in [-0.39, 0.29) is 0 Å². The van der Waals surface area contributed by atoms with Crippen LogP contribution < -0.4 is 5.32 Å². The third-order valence-corrected chi connectivity index (χ3v) is 5.33. The molecule has 1 aromatic heterocycles. The van der Waals surface area contributed by atoms with E-state index in [1.807, 2.05) is 18.2 Å². The number of thiophene rings is 1. The second-order valence-corrected chi connectivity index (χ2v) is 8.03. The molecule has 0 amide bonds. The maximum Gasteiger partial charge on any atom is 0.0931 e. The molecular formula is C17H19Cl2NS. The van der Waals surface area contributed by atoms with Gasteiger partial charge in [0.05, 0.1) is 4.34 Å². The number of nitrogens with one attached hydrogen (secondary N) is 1. The average molecular weight is 340 g/mol. The number of hydrogen-bond donors (Lipinski definition) is 1. The fourth-order valence-electron chi connectivity index (χ4n) is 2.54. The predicted molar refractivity (Wildman–Crippen MR) is 92.7 cm³/mol. The zero-order valence-corrected chi connectivity index (χ0v) is 14.1. The summed E-state index contributed by atoms with van der Waals surface area (Å²) in [5, 5.41) is 4.46. The Morgan fingerprint density at radius 2 is 1.81 bits per heavy atom. The minimum Gasteiger partial charge on any atom is -0.314 e. The van der Waals surface area contributed by atoms with Gasteiger partial charge in [-0.1, -0.05) is 35.3 Å². The highest BCUT2D eigenvalue weighted by Crippen LogP contribution is 2.26. The maximum absolute atomic E-state index is 6.05. The van der Waals surface area contributed by atoms with Crippen molar-refractivity contribution in [2.45, 2.75) is 31.7 Å². The second-order valence-electron chi connectivity index (χ2n) is 5.79. The summed E-state index contributed by atoms with van der Waals surface area (Å²) in [6.07, 6.45) is 4.82. The van der Waals surface area contributed by atoms with Crippen LogP contribution in [0.15, 0.2) is 36.4 Å². The summed E-state index contributed by atoms with van der Waals surface area (Å²) in [6.45, 7) is 1.07. The van der Waals surface area contributed by atoms with Crippen LogP contribution in [0.3, 0.4) is 0 Å². The Morgan fingerprint density at radius 3 is 2.43 bits per heavy atom. The summed E-state index contributed by atoms with van der Waals surface area (Å²) in [5.74, 6) is 0.599. The normalized spacial score (nSPS) is 16.1. The van der Waals surface area contributed by atoms with Gasteiger partial charge in [0, 0.05) is 15.9 Å². The first kappa shape index (κ1) is 15.4. The smallest absolute Gasteiger partial charge is 0.0931 e. The Hall–Kier alpha value is -0.540. The van der Waals surface area contributed by atoms with Gasteiger partial charge in [-0.3, -0.25) is 0 Å². The Bertz CT molecular complexity index is 575. The van der Waals surface area contributed by atoms with Crippen LogP contribution >= 0.6 is 34.5 Å². The molecule has 1 heterocycles. The summed E-state index contributed by atoms with van der Waals surface area (Å²) in [5.41, 5.74) is 1.35. The molecule has 0 radical (unpaired) electrons. The van der Waals surface area contributed by atoms with Gasteiger partial charge in [-0.05, 0) is 68.0 Å². The van der Waals surface area contributed by atoms with E-state index in [1.54, 1.807) is 11.3 Å². The van der Waals surface area contributed by atoms with Gasteiger partial charge in [-0.2, -0.15) is 0 Å². The van der Waals surface area contributed by atoms with Crippen LogP contribution in [0.25, 0.3) is 0 Å². The van der Waals surface area contributed by atoms with E-state index in [0.29, 0.717) is 5.92 Å². The number of hydrogen-bond acceptors (Lipinski definition) is 2. The minimum absolute atomic E-state index is 0.599. The quantitative estimate of drug-likeness (QED) is 0.730. The van der Waals surface area contributed by atoms with Gasteiger partial charge in [0.25, 0.3) is 0 Å². The molecule has 1 nitrogen and oxygen atoms in total. The fraction of sp³-hybridized carbons (Fsp3) is 0.412. The van der Waals surface area contributed by atoms with Gasteiger partial charge >= 0.3 is 0 Å². The Labute approximate surface area is 140 Å². The number of benzene rings is 1. The van der Waals surface area contributed by atoms with E-state index >= 15 is 0 Å². The summed E-state index contributed by atoms with van der Waals surface area (Å²) in [4.78, 5) is 1.37. The van der Waals surface area contributed by atoms with E-state index < -0.39 is 0 Å². The maximum atomic E-state index is 6.05. The second kappa shape index (κ2) is 7.15. The summed E-state index contributed by atoms with van der Waals surface area (Å²) < 4.78 is 0.880. The first-order chi connectivity index (χ1) is 10.2. The fourth-order valence-corrected chi connectivity index (χ4v) is 3.87. The lowest BCUT2D eigenvalue weighted by molar-refractivity contribution is 0.471. The first-order valence-corrected chi connectivity index (χ1v) is 8.98.